The lowest BCUT2D eigenvalue weighted by Crippen LogP contribution is -2.31. The first-order chi connectivity index (χ1) is 9.13. The summed E-state index contributed by atoms with van der Waals surface area (Å²) in [7, 11) is 1.72. The Morgan fingerprint density at radius 3 is 2.79 bits per heavy atom. The summed E-state index contributed by atoms with van der Waals surface area (Å²) in [4.78, 5) is 0. The lowest BCUT2D eigenvalue weighted by molar-refractivity contribution is 0.192. The number of hydrogen-bond donors (Lipinski definition) is 1. The summed E-state index contributed by atoms with van der Waals surface area (Å²) in [5.74, 6) is 3.04. The maximum Gasteiger partial charge on any atom is 0.122 e. The molecule has 3 atom stereocenters. The molecule has 0 saturated heterocycles. The molecule has 1 aliphatic carbocycles. The van der Waals surface area contributed by atoms with Crippen LogP contribution in [0.15, 0.2) is 18.2 Å². The third-order valence-corrected chi connectivity index (χ3v) is 4.66. The van der Waals surface area contributed by atoms with Gasteiger partial charge in [-0.15, -0.1) is 0 Å². The van der Waals surface area contributed by atoms with Gasteiger partial charge in [0.1, 0.15) is 5.75 Å². The standard InChI is InChI=1S/C16H24ClNO/c1-11-3-4-12(10-18)13(7-11)8-14-9-15(17)5-6-16(14)19-2/h5-6,9,11-13H,3-4,7-8,10,18H2,1-2H3. The highest BCUT2D eigenvalue weighted by atomic mass is 35.5. The van der Waals surface area contributed by atoms with Crippen LogP contribution in [0, 0.1) is 17.8 Å². The van der Waals surface area contributed by atoms with Crippen molar-refractivity contribution in [2.24, 2.45) is 23.5 Å². The van der Waals surface area contributed by atoms with Crippen molar-refractivity contribution in [2.75, 3.05) is 13.7 Å². The molecule has 1 fully saturated rings. The van der Waals surface area contributed by atoms with Crippen LogP contribution in [-0.4, -0.2) is 13.7 Å². The zero-order valence-corrected chi connectivity index (χ0v) is 12.6. The van der Waals surface area contributed by atoms with Crippen LogP contribution in [-0.2, 0) is 6.42 Å². The molecule has 1 aliphatic rings. The minimum absolute atomic E-state index is 0.639. The van der Waals surface area contributed by atoms with Gasteiger partial charge in [0, 0.05) is 5.02 Å². The molecule has 106 valence electrons. The van der Waals surface area contributed by atoms with E-state index in [2.05, 4.69) is 6.92 Å². The van der Waals surface area contributed by atoms with Crippen LogP contribution in [0.3, 0.4) is 0 Å². The molecular formula is C16H24ClNO. The number of benzene rings is 1. The maximum absolute atomic E-state index is 6.11. The van der Waals surface area contributed by atoms with Crippen molar-refractivity contribution in [2.45, 2.75) is 32.6 Å². The van der Waals surface area contributed by atoms with Gasteiger partial charge in [0.25, 0.3) is 0 Å². The van der Waals surface area contributed by atoms with Crippen molar-refractivity contribution in [3.8, 4) is 5.75 Å². The van der Waals surface area contributed by atoms with E-state index in [4.69, 9.17) is 22.1 Å². The number of methoxy groups -OCH3 is 1. The van der Waals surface area contributed by atoms with Gasteiger partial charge < -0.3 is 10.5 Å². The van der Waals surface area contributed by atoms with Crippen molar-refractivity contribution < 1.29 is 4.74 Å². The summed E-state index contributed by atoms with van der Waals surface area (Å²) in [5.41, 5.74) is 7.15. The van der Waals surface area contributed by atoms with Crippen molar-refractivity contribution in [1.82, 2.24) is 0 Å². The fourth-order valence-electron chi connectivity index (χ4n) is 3.31. The smallest absolute Gasteiger partial charge is 0.122 e. The Kier molecular flexibility index (Phi) is 5.12. The lowest BCUT2D eigenvalue weighted by Gasteiger charge is -2.34. The highest BCUT2D eigenvalue weighted by Crippen LogP contribution is 2.37. The molecule has 0 amide bonds. The van der Waals surface area contributed by atoms with Gasteiger partial charge in [-0.05, 0) is 67.3 Å². The van der Waals surface area contributed by atoms with Gasteiger partial charge in [0.15, 0.2) is 0 Å². The molecule has 0 aromatic heterocycles. The second-order valence-corrected chi connectivity index (χ2v) is 6.27. The Balaban J connectivity index is 2.16. The highest BCUT2D eigenvalue weighted by molar-refractivity contribution is 6.30. The molecule has 1 aromatic carbocycles. The summed E-state index contributed by atoms with van der Waals surface area (Å²) >= 11 is 6.11. The summed E-state index contributed by atoms with van der Waals surface area (Å²) in [6.07, 6.45) is 4.85. The minimum atomic E-state index is 0.639. The average molecular weight is 282 g/mol. The summed E-state index contributed by atoms with van der Waals surface area (Å²) in [6, 6.07) is 5.88. The molecule has 2 rings (SSSR count). The van der Waals surface area contributed by atoms with E-state index in [0.29, 0.717) is 11.8 Å². The van der Waals surface area contributed by atoms with E-state index in [1.165, 1.54) is 24.8 Å². The Labute approximate surface area is 121 Å². The molecule has 0 bridgehead atoms. The Morgan fingerprint density at radius 2 is 2.11 bits per heavy atom. The first-order valence-electron chi connectivity index (χ1n) is 7.16. The van der Waals surface area contributed by atoms with E-state index in [0.717, 1.165) is 29.7 Å². The first-order valence-corrected chi connectivity index (χ1v) is 7.54. The van der Waals surface area contributed by atoms with E-state index >= 15 is 0 Å². The molecule has 3 heteroatoms. The lowest BCUT2D eigenvalue weighted by atomic mass is 9.72. The van der Waals surface area contributed by atoms with Crippen molar-refractivity contribution in [3.05, 3.63) is 28.8 Å². The van der Waals surface area contributed by atoms with Crippen LogP contribution in [0.2, 0.25) is 5.02 Å². The van der Waals surface area contributed by atoms with Crippen molar-refractivity contribution in [3.63, 3.8) is 0 Å². The van der Waals surface area contributed by atoms with Gasteiger partial charge in [-0.3, -0.25) is 0 Å². The number of halogens is 1. The van der Waals surface area contributed by atoms with E-state index < -0.39 is 0 Å². The summed E-state index contributed by atoms with van der Waals surface area (Å²) < 4.78 is 5.45. The third kappa shape index (κ3) is 3.64. The number of hydrogen-bond acceptors (Lipinski definition) is 2. The molecule has 3 unspecified atom stereocenters. The number of rotatable bonds is 4. The molecule has 2 nitrogen and oxygen atoms in total. The van der Waals surface area contributed by atoms with Crippen molar-refractivity contribution in [1.29, 1.82) is 0 Å². The normalized spacial score (nSPS) is 27.3. The second kappa shape index (κ2) is 6.62. The molecule has 1 saturated carbocycles. The van der Waals surface area contributed by atoms with Crippen LogP contribution in [0.25, 0.3) is 0 Å². The van der Waals surface area contributed by atoms with Gasteiger partial charge in [-0.2, -0.15) is 0 Å². The Morgan fingerprint density at radius 1 is 1.32 bits per heavy atom. The van der Waals surface area contributed by atoms with Gasteiger partial charge in [0.05, 0.1) is 7.11 Å². The molecular weight excluding hydrogens is 258 g/mol. The zero-order valence-electron chi connectivity index (χ0n) is 11.9. The first kappa shape index (κ1) is 14.7. The van der Waals surface area contributed by atoms with Gasteiger partial charge >= 0.3 is 0 Å². The molecule has 1 aromatic rings. The molecule has 0 heterocycles. The summed E-state index contributed by atoms with van der Waals surface area (Å²) in [6.45, 7) is 3.13. The molecule has 0 spiro atoms. The molecule has 0 radical (unpaired) electrons. The minimum Gasteiger partial charge on any atom is -0.496 e. The molecule has 0 aliphatic heterocycles. The maximum atomic E-state index is 6.11. The zero-order chi connectivity index (χ0) is 13.8. The Bertz CT molecular complexity index is 421. The Hall–Kier alpha value is -0.730. The van der Waals surface area contributed by atoms with Gasteiger partial charge in [-0.25, -0.2) is 0 Å². The largest absolute Gasteiger partial charge is 0.496 e. The van der Waals surface area contributed by atoms with Crippen LogP contribution in [0.4, 0.5) is 0 Å². The van der Waals surface area contributed by atoms with Crippen LogP contribution in [0.1, 0.15) is 31.7 Å². The van der Waals surface area contributed by atoms with Crippen LogP contribution >= 0.6 is 11.6 Å². The number of ether oxygens (including phenoxy) is 1. The van der Waals surface area contributed by atoms with E-state index in [-0.39, 0.29) is 0 Å². The van der Waals surface area contributed by atoms with Crippen molar-refractivity contribution >= 4 is 11.6 Å². The quantitative estimate of drug-likeness (QED) is 0.908. The highest BCUT2D eigenvalue weighted by Gasteiger charge is 2.28. The van der Waals surface area contributed by atoms with Gasteiger partial charge in [-0.1, -0.05) is 24.9 Å². The second-order valence-electron chi connectivity index (χ2n) is 5.83. The number of nitrogens with two attached hydrogens (primary N) is 1. The molecule has 19 heavy (non-hydrogen) atoms. The van der Waals surface area contributed by atoms with Crippen LogP contribution in [0.5, 0.6) is 5.75 Å². The van der Waals surface area contributed by atoms with Crippen LogP contribution < -0.4 is 10.5 Å². The SMILES string of the molecule is COc1ccc(Cl)cc1CC1CC(C)CCC1CN. The third-order valence-electron chi connectivity index (χ3n) is 4.43. The van der Waals surface area contributed by atoms with E-state index in [1.54, 1.807) is 7.11 Å². The fourth-order valence-corrected chi connectivity index (χ4v) is 3.51. The predicted molar refractivity (Wildman–Crippen MR) is 80.8 cm³/mol. The molecule has 2 N–H and O–H groups in total. The topological polar surface area (TPSA) is 35.2 Å². The fraction of sp³-hybridized carbons (Fsp3) is 0.625. The predicted octanol–water partition coefficient (Wildman–Crippen LogP) is 3.90. The van der Waals surface area contributed by atoms with E-state index in [1.807, 2.05) is 18.2 Å². The summed E-state index contributed by atoms with van der Waals surface area (Å²) in [5, 5.41) is 0.781. The monoisotopic (exact) mass is 281 g/mol. The van der Waals surface area contributed by atoms with Gasteiger partial charge in [0.2, 0.25) is 0 Å². The van der Waals surface area contributed by atoms with E-state index in [9.17, 15) is 0 Å². The average Bonchev–Trinajstić information content (AvgIpc) is 2.39.